The zero-order chi connectivity index (χ0) is 11.3. The van der Waals surface area contributed by atoms with Gasteiger partial charge in [-0.25, -0.2) is 0 Å². The molecule has 1 atom stereocenters. The third-order valence-corrected chi connectivity index (χ3v) is 3.99. The topological polar surface area (TPSA) is 66.5 Å². The van der Waals surface area contributed by atoms with Crippen LogP contribution in [0.25, 0.3) is 0 Å². The van der Waals surface area contributed by atoms with Gasteiger partial charge in [-0.05, 0) is 27.6 Å². The number of rotatable bonds is 5. The number of thioether (sulfide) groups is 1. The summed E-state index contributed by atoms with van der Waals surface area (Å²) in [7, 11) is 0. The van der Waals surface area contributed by atoms with Gasteiger partial charge in [0.15, 0.2) is 0 Å². The van der Waals surface area contributed by atoms with E-state index >= 15 is 0 Å². The molecule has 3 nitrogen and oxygen atoms in total. The highest BCUT2D eigenvalue weighted by Crippen LogP contribution is 2.27. The fraction of sp³-hybridized carbons (Fsp3) is 0.400. The Bertz CT molecular complexity index is 322. The van der Waals surface area contributed by atoms with Crippen molar-refractivity contribution < 1.29 is 10.2 Å². The first kappa shape index (κ1) is 12.8. The van der Waals surface area contributed by atoms with Crippen molar-refractivity contribution >= 4 is 33.4 Å². The summed E-state index contributed by atoms with van der Waals surface area (Å²) in [5.74, 6) is 1.29. The first-order chi connectivity index (χ1) is 7.15. The minimum Gasteiger partial charge on any atom is -0.398 e. The van der Waals surface area contributed by atoms with Crippen molar-refractivity contribution in [3.8, 4) is 0 Å². The zero-order valence-electron chi connectivity index (χ0n) is 8.19. The Kier molecular flexibility index (Phi) is 5.45. The van der Waals surface area contributed by atoms with Gasteiger partial charge in [-0.15, -0.1) is 0 Å². The number of anilines is 1. The fourth-order valence-electron chi connectivity index (χ4n) is 1.07. The summed E-state index contributed by atoms with van der Waals surface area (Å²) in [4.78, 5) is 0. The van der Waals surface area contributed by atoms with Gasteiger partial charge in [0.1, 0.15) is 0 Å². The lowest BCUT2D eigenvalue weighted by molar-refractivity contribution is 0.113. The van der Waals surface area contributed by atoms with E-state index in [9.17, 15) is 0 Å². The van der Waals surface area contributed by atoms with E-state index in [1.807, 2.05) is 18.2 Å². The average molecular weight is 292 g/mol. The number of nitrogens with two attached hydrogens (primary N) is 1. The summed E-state index contributed by atoms with van der Waals surface area (Å²) in [6.45, 7) is -0.189. The molecular weight excluding hydrogens is 278 g/mol. The molecule has 1 aromatic rings. The number of aliphatic hydroxyl groups is 2. The van der Waals surface area contributed by atoms with E-state index in [0.29, 0.717) is 5.75 Å². The van der Waals surface area contributed by atoms with Crippen molar-refractivity contribution in [3.05, 3.63) is 28.2 Å². The van der Waals surface area contributed by atoms with Gasteiger partial charge in [0.2, 0.25) is 0 Å². The number of nitrogen functional groups attached to an aromatic ring is 1. The lowest BCUT2D eigenvalue weighted by Gasteiger charge is -2.08. The predicted octanol–water partition coefficient (Wildman–Crippen LogP) is 1.62. The van der Waals surface area contributed by atoms with Gasteiger partial charge in [0.05, 0.1) is 12.7 Å². The van der Waals surface area contributed by atoms with E-state index < -0.39 is 6.10 Å². The second kappa shape index (κ2) is 6.37. The summed E-state index contributed by atoms with van der Waals surface area (Å²) >= 11 is 4.98. The SMILES string of the molecule is Nc1cccc(CSCC(O)CO)c1Br. The minimum absolute atomic E-state index is 0.189. The minimum atomic E-state index is -0.644. The quantitative estimate of drug-likeness (QED) is 0.721. The molecule has 5 heteroatoms. The molecule has 1 aromatic carbocycles. The van der Waals surface area contributed by atoms with Crippen LogP contribution in [0, 0.1) is 0 Å². The van der Waals surface area contributed by atoms with E-state index in [1.165, 1.54) is 0 Å². The summed E-state index contributed by atoms with van der Waals surface area (Å²) < 4.78 is 0.913. The molecule has 0 aliphatic rings. The van der Waals surface area contributed by atoms with Gasteiger partial charge in [0, 0.05) is 21.7 Å². The van der Waals surface area contributed by atoms with E-state index in [4.69, 9.17) is 15.9 Å². The first-order valence-corrected chi connectivity index (χ1v) is 6.49. The van der Waals surface area contributed by atoms with Crippen LogP contribution in [0.2, 0.25) is 0 Å². The second-order valence-corrected chi connectivity index (χ2v) is 5.00. The third-order valence-electron chi connectivity index (χ3n) is 1.89. The van der Waals surface area contributed by atoms with Crippen LogP contribution >= 0.6 is 27.7 Å². The number of hydrogen-bond donors (Lipinski definition) is 3. The maximum atomic E-state index is 9.15. The van der Waals surface area contributed by atoms with Crippen LogP contribution in [0.4, 0.5) is 5.69 Å². The van der Waals surface area contributed by atoms with Crippen molar-refractivity contribution in [2.75, 3.05) is 18.1 Å². The first-order valence-electron chi connectivity index (χ1n) is 4.54. The smallest absolute Gasteiger partial charge is 0.0861 e. The zero-order valence-corrected chi connectivity index (χ0v) is 10.6. The Hall–Kier alpha value is -0.230. The highest BCUT2D eigenvalue weighted by atomic mass is 79.9. The Labute approximate surface area is 102 Å². The van der Waals surface area contributed by atoms with E-state index in [-0.39, 0.29) is 6.61 Å². The number of benzene rings is 1. The van der Waals surface area contributed by atoms with Crippen LogP contribution in [0.15, 0.2) is 22.7 Å². The number of halogens is 1. The molecule has 1 unspecified atom stereocenters. The molecule has 15 heavy (non-hydrogen) atoms. The molecule has 0 aromatic heterocycles. The van der Waals surface area contributed by atoms with Gasteiger partial charge in [0.25, 0.3) is 0 Å². The Balaban J connectivity index is 2.47. The maximum Gasteiger partial charge on any atom is 0.0861 e. The standard InChI is InChI=1S/C10H14BrNO2S/c11-10-7(2-1-3-9(10)12)5-15-6-8(14)4-13/h1-3,8,13-14H,4-6,12H2. The Morgan fingerprint density at radius 2 is 2.20 bits per heavy atom. The van der Waals surface area contributed by atoms with Gasteiger partial charge in [-0.2, -0.15) is 11.8 Å². The molecule has 84 valence electrons. The number of aliphatic hydroxyl groups excluding tert-OH is 2. The Morgan fingerprint density at radius 3 is 2.87 bits per heavy atom. The predicted molar refractivity (Wildman–Crippen MR) is 67.8 cm³/mol. The molecule has 0 heterocycles. The van der Waals surface area contributed by atoms with Crippen molar-refractivity contribution in [2.24, 2.45) is 0 Å². The molecule has 0 bridgehead atoms. The second-order valence-electron chi connectivity index (χ2n) is 3.17. The molecule has 0 aliphatic carbocycles. The normalized spacial score (nSPS) is 12.7. The molecule has 0 spiro atoms. The van der Waals surface area contributed by atoms with Crippen molar-refractivity contribution in [2.45, 2.75) is 11.9 Å². The maximum absolute atomic E-state index is 9.15. The van der Waals surface area contributed by atoms with Gasteiger partial charge in [-0.3, -0.25) is 0 Å². The third kappa shape index (κ3) is 4.03. The van der Waals surface area contributed by atoms with E-state index in [2.05, 4.69) is 15.9 Å². The molecule has 4 N–H and O–H groups in total. The average Bonchev–Trinajstić information content (AvgIpc) is 2.24. The summed E-state index contributed by atoms with van der Waals surface area (Å²) in [6.07, 6.45) is -0.644. The molecule has 0 aliphatic heterocycles. The van der Waals surface area contributed by atoms with Crippen LogP contribution in [-0.2, 0) is 5.75 Å². The largest absolute Gasteiger partial charge is 0.398 e. The highest BCUT2D eigenvalue weighted by molar-refractivity contribution is 9.10. The van der Waals surface area contributed by atoms with Crippen molar-refractivity contribution in [1.82, 2.24) is 0 Å². The fourth-order valence-corrected chi connectivity index (χ4v) is 2.61. The van der Waals surface area contributed by atoms with Crippen LogP contribution < -0.4 is 5.73 Å². The van der Waals surface area contributed by atoms with Crippen LogP contribution in [-0.4, -0.2) is 28.7 Å². The molecule has 0 fully saturated rings. The summed E-state index contributed by atoms with van der Waals surface area (Å²) in [5, 5.41) is 17.8. The van der Waals surface area contributed by atoms with Gasteiger partial charge in [-0.1, -0.05) is 12.1 Å². The van der Waals surface area contributed by atoms with E-state index in [1.54, 1.807) is 11.8 Å². The van der Waals surface area contributed by atoms with E-state index in [0.717, 1.165) is 21.5 Å². The Morgan fingerprint density at radius 1 is 1.47 bits per heavy atom. The van der Waals surface area contributed by atoms with Crippen molar-refractivity contribution in [1.29, 1.82) is 0 Å². The summed E-state index contributed by atoms with van der Waals surface area (Å²) in [6, 6.07) is 5.72. The molecule has 0 saturated carbocycles. The lowest BCUT2D eigenvalue weighted by atomic mass is 10.2. The molecule has 0 radical (unpaired) electrons. The lowest BCUT2D eigenvalue weighted by Crippen LogP contribution is -2.14. The highest BCUT2D eigenvalue weighted by Gasteiger charge is 2.05. The van der Waals surface area contributed by atoms with Gasteiger partial charge >= 0.3 is 0 Å². The molecule has 1 rings (SSSR count). The molecule has 0 amide bonds. The monoisotopic (exact) mass is 291 g/mol. The van der Waals surface area contributed by atoms with Crippen molar-refractivity contribution in [3.63, 3.8) is 0 Å². The van der Waals surface area contributed by atoms with Gasteiger partial charge < -0.3 is 15.9 Å². The van der Waals surface area contributed by atoms with Crippen LogP contribution in [0.5, 0.6) is 0 Å². The van der Waals surface area contributed by atoms with Crippen LogP contribution in [0.3, 0.4) is 0 Å². The number of hydrogen-bond acceptors (Lipinski definition) is 4. The van der Waals surface area contributed by atoms with Crippen LogP contribution in [0.1, 0.15) is 5.56 Å². The summed E-state index contributed by atoms with van der Waals surface area (Å²) in [5.41, 5.74) is 7.55. The molecule has 0 saturated heterocycles. The molecular formula is C10H14BrNO2S.